The van der Waals surface area contributed by atoms with Crippen molar-refractivity contribution in [1.82, 2.24) is 30.0 Å². The van der Waals surface area contributed by atoms with Crippen LogP contribution in [-0.4, -0.2) is 30.0 Å². The molecule has 0 radical (unpaired) electrons. The van der Waals surface area contributed by atoms with Crippen molar-refractivity contribution in [3.63, 3.8) is 0 Å². The Morgan fingerprint density at radius 1 is 0.450 bits per heavy atom. The molecule has 0 atom stereocenters. The minimum absolute atomic E-state index is 0.907. The van der Waals surface area contributed by atoms with Crippen LogP contribution in [0.5, 0.6) is 0 Å². The van der Waals surface area contributed by atoms with E-state index < -0.39 is 0 Å². The number of fused-ring (bicyclic) bond motifs is 6. The smallest absolute Gasteiger partial charge is 0.123 e. The first-order valence-electron chi connectivity index (χ1n) is 16.8. The highest BCUT2D eigenvalue weighted by molar-refractivity contribution is 6.20. The zero-order valence-corrected chi connectivity index (χ0v) is 25.5. The van der Waals surface area contributed by atoms with Gasteiger partial charge in [-0.15, -0.1) is 10.2 Å². The van der Waals surface area contributed by atoms with E-state index in [1.54, 1.807) is 0 Å². The quantitative estimate of drug-likeness (QED) is 0.0920. The van der Waals surface area contributed by atoms with E-state index >= 15 is 0 Å². The van der Waals surface area contributed by atoms with Crippen molar-refractivity contribution in [3.8, 4) is 0 Å². The lowest BCUT2D eigenvalue weighted by atomic mass is 10.1. The first-order valence-corrected chi connectivity index (χ1v) is 16.8. The molecule has 2 aromatic carbocycles. The zero-order valence-electron chi connectivity index (χ0n) is 25.5. The third-order valence-electron chi connectivity index (χ3n) is 8.58. The molecule has 4 rings (SSSR count). The molecule has 0 amide bonds. The Kier molecular flexibility index (Phi) is 13.2. The summed E-state index contributed by atoms with van der Waals surface area (Å²) in [5.41, 5.74) is 4.20. The van der Waals surface area contributed by atoms with E-state index in [4.69, 9.17) is 0 Å². The Labute approximate surface area is 242 Å². The number of aryl methyl sites for hydroxylation is 2. The number of rotatable bonds is 22. The van der Waals surface area contributed by atoms with Crippen molar-refractivity contribution in [2.75, 3.05) is 0 Å². The van der Waals surface area contributed by atoms with Gasteiger partial charge in [0.15, 0.2) is 0 Å². The van der Waals surface area contributed by atoms with E-state index in [1.807, 2.05) is 0 Å². The van der Waals surface area contributed by atoms with Gasteiger partial charge in [-0.1, -0.05) is 164 Å². The lowest BCUT2D eigenvalue weighted by Gasteiger charge is -2.08. The van der Waals surface area contributed by atoms with Gasteiger partial charge in [-0.3, -0.25) is 0 Å². The average Bonchev–Trinajstić information content (AvgIpc) is 3.59. The predicted molar refractivity (Wildman–Crippen MR) is 170 cm³/mol. The molecule has 0 fully saturated rings. The van der Waals surface area contributed by atoms with E-state index in [0.29, 0.717) is 0 Å². The highest BCUT2D eigenvalue weighted by Gasteiger charge is 2.19. The summed E-state index contributed by atoms with van der Waals surface area (Å²) in [5.74, 6) is 0. The van der Waals surface area contributed by atoms with Crippen LogP contribution < -0.4 is 0 Å². The summed E-state index contributed by atoms with van der Waals surface area (Å²) in [7, 11) is 0. The fraction of sp³-hybridized carbons (Fsp3) is 0.706. The van der Waals surface area contributed by atoms with Crippen LogP contribution in [0.15, 0.2) is 24.3 Å². The van der Waals surface area contributed by atoms with Gasteiger partial charge in [-0.2, -0.15) is 0 Å². The molecule has 2 heterocycles. The molecule has 0 saturated carbocycles. The van der Waals surface area contributed by atoms with E-state index in [2.05, 4.69) is 68.1 Å². The number of hydrogen-bond acceptors (Lipinski definition) is 4. The zero-order chi connectivity index (χ0) is 27.8. The maximum atomic E-state index is 4.68. The van der Waals surface area contributed by atoms with Crippen LogP contribution in [0.3, 0.4) is 0 Å². The molecule has 0 saturated heterocycles. The molecule has 2 aromatic heterocycles. The van der Waals surface area contributed by atoms with Gasteiger partial charge in [0, 0.05) is 23.9 Å². The molecular formula is C34H54N6. The Hall–Kier alpha value is -2.50. The maximum absolute atomic E-state index is 4.68. The molecule has 0 unspecified atom stereocenters. The molecule has 0 aliphatic carbocycles. The van der Waals surface area contributed by atoms with Crippen molar-refractivity contribution in [2.45, 2.75) is 155 Å². The van der Waals surface area contributed by atoms with Gasteiger partial charge in [0.1, 0.15) is 22.1 Å². The minimum atomic E-state index is 0.907. The first-order chi connectivity index (χ1) is 19.8. The lowest BCUT2D eigenvalue weighted by Crippen LogP contribution is -2.05. The van der Waals surface area contributed by atoms with Crippen molar-refractivity contribution in [1.29, 1.82) is 0 Å². The van der Waals surface area contributed by atoms with Crippen LogP contribution in [0.4, 0.5) is 0 Å². The van der Waals surface area contributed by atoms with Crippen molar-refractivity contribution in [3.05, 3.63) is 24.3 Å². The molecule has 0 bridgehead atoms. The fourth-order valence-corrected chi connectivity index (χ4v) is 6.16. The Balaban J connectivity index is 1.34. The second-order valence-corrected chi connectivity index (χ2v) is 11.9. The van der Waals surface area contributed by atoms with Crippen LogP contribution >= 0.6 is 0 Å². The van der Waals surface area contributed by atoms with Crippen LogP contribution in [0.2, 0.25) is 0 Å². The van der Waals surface area contributed by atoms with Gasteiger partial charge in [0.25, 0.3) is 0 Å². The molecule has 6 nitrogen and oxygen atoms in total. The maximum Gasteiger partial charge on any atom is 0.123 e. The highest BCUT2D eigenvalue weighted by Crippen LogP contribution is 2.33. The normalized spacial score (nSPS) is 11.9. The van der Waals surface area contributed by atoms with E-state index in [-0.39, 0.29) is 0 Å². The summed E-state index contributed by atoms with van der Waals surface area (Å²) >= 11 is 0. The monoisotopic (exact) mass is 546 g/mol. The molecule has 4 aromatic rings. The number of aromatic nitrogens is 6. The second kappa shape index (κ2) is 17.3. The first kappa shape index (κ1) is 30.5. The van der Waals surface area contributed by atoms with Crippen molar-refractivity contribution in [2.24, 2.45) is 0 Å². The fourth-order valence-electron chi connectivity index (χ4n) is 6.16. The topological polar surface area (TPSA) is 61.4 Å². The molecule has 0 N–H and O–H groups in total. The highest BCUT2D eigenvalue weighted by atomic mass is 15.5. The molecule has 6 heteroatoms. The van der Waals surface area contributed by atoms with Crippen LogP contribution in [0.1, 0.15) is 142 Å². The number of benzene rings is 2. The van der Waals surface area contributed by atoms with Crippen LogP contribution in [0, 0.1) is 0 Å². The van der Waals surface area contributed by atoms with Gasteiger partial charge in [0.05, 0.1) is 0 Å². The molecule has 0 aliphatic rings. The Morgan fingerprint density at radius 3 is 1.12 bits per heavy atom. The molecular weight excluding hydrogens is 492 g/mol. The van der Waals surface area contributed by atoms with Gasteiger partial charge < -0.3 is 0 Å². The van der Waals surface area contributed by atoms with E-state index in [1.165, 1.54) is 116 Å². The number of nitrogens with zero attached hydrogens (tertiary/aromatic N) is 6. The predicted octanol–water partition coefficient (Wildman–Crippen LogP) is 10.2. The summed E-state index contributed by atoms with van der Waals surface area (Å²) in [6.07, 6.45) is 26.8. The summed E-state index contributed by atoms with van der Waals surface area (Å²) in [6.45, 7) is 6.39. The molecule has 220 valence electrons. The minimum Gasteiger partial charge on any atom is -0.242 e. The second-order valence-electron chi connectivity index (χ2n) is 11.9. The Morgan fingerprint density at radius 2 is 0.775 bits per heavy atom. The van der Waals surface area contributed by atoms with Gasteiger partial charge in [-0.05, 0) is 12.8 Å². The standard InChI is InChI=1S/C34H54N6/c1-3-5-7-9-11-13-15-17-19-23-27-39-33-31(35-37-39)29-25-21-22-26-30(29)32-34(33)40(38-36-32)28-24-20-18-16-14-12-10-8-6-4-2/h21-22,25-26H,3-20,23-24,27-28H2,1-2H3. The Bertz CT molecular complexity index is 1160. The molecule has 40 heavy (non-hydrogen) atoms. The third-order valence-corrected chi connectivity index (χ3v) is 8.58. The SMILES string of the molecule is CCCCCCCCCCCCn1nnc2c3ccccc3c3nnn(CCCCCCCCCCCC)c3c21. The van der Waals surface area contributed by atoms with Crippen molar-refractivity contribution >= 4 is 32.8 Å². The average molecular weight is 547 g/mol. The van der Waals surface area contributed by atoms with E-state index in [0.717, 1.165) is 58.8 Å². The lowest BCUT2D eigenvalue weighted by molar-refractivity contribution is 0.510. The van der Waals surface area contributed by atoms with Gasteiger partial charge in [-0.25, -0.2) is 9.36 Å². The summed E-state index contributed by atoms with van der Waals surface area (Å²) < 4.78 is 4.26. The van der Waals surface area contributed by atoms with Crippen LogP contribution in [0.25, 0.3) is 32.8 Å². The summed E-state index contributed by atoms with van der Waals surface area (Å²) in [6, 6.07) is 8.47. The van der Waals surface area contributed by atoms with Crippen LogP contribution in [-0.2, 0) is 13.1 Å². The van der Waals surface area contributed by atoms with Crippen molar-refractivity contribution < 1.29 is 0 Å². The van der Waals surface area contributed by atoms with E-state index in [9.17, 15) is 0 Å². The largest absolute Gasteiger partial charge is 0.242 e. The number of hydrogen-bond donors (Lipinski definition) is 0. The van der Waals surface area contributed by atoms with Gasteiger partial charge >= 0.3 is 0 Å². The molecule has 0 spiro atoms. The summed E-state index contributed by atoms with van der Waals surface area (Å²) in [4.78, 5) is 0. The summed E-state index contributed by atoms with van der Waals surface area (Å²) in [5, 5.41) is 20.9. The molecule has 0 aliphatic heterocycles. The number of unbranched alkanes of at least 4 members (excludes halogenated alkanes) is 18. The van der Waals surface area contributed by atoms with Gasteiger partial charge in [0.2, 0.25) is 0 Å². The third kappa shape index (κ3) is 8.50.